The van der Waals surface area contributed by atoms with Gasteiger partial charge in [0.15, 0.2) is 17.1 Å². The van der Waals surface area contributed by atoms with Crippen molar-refractivity contribution in [2.24, 2.45) is 0 Å². The van der Waals surface area contributed by atoms with Gasteiger partial charge >= 0.3 is 0 Å². The van der Waals surface area contributed by atoms with E-state index in [1.54, 1.807) is 34.3 Å². The van der Waals surface area contributed by atoms with E-state index < -0.39 is 5.56 Å². The van der Waals surface area contributed by atoms with Gasteiger partial charge in [0, 0.05) is 22.9 Å². The standard InChI is InChI=1S/C27H24N4O6/c1-12(2)18-10-16-17(36-18)8-7-14(24(16)35-6)23-22-15-9-20(33-4)21(34-5)11-19(15)37-25(22)26-29-28-13(3)27(32)31(26)30-23/h7-12H,1-6H3. The maximum atomic E-state index is 13.1. The minimum atomic E-state index is -0.394. The summed E-state index contributed by atoms with van der Waals surface area (Å²) in [6.45, 7) is 5.72. The van der Waals surface area contributed by atoms with E-state index in [4.69, 9.17) is 28.1 Å². The Bertz CT molecular complexity index is 1910. The average molecular weight is 501 g/mol. The van der Waals surface area contributed by atoms with Gasteiger partial charge in [0.2, 0.25) is 5.65 Å². The van der Waals surface area contributed by atoms with E-state index in [9.17, 15) is 4.79 Å². The monoisotopic (exact) mass is 500 g/mol. The number of benzene rings is 2. The molecule has 0 aliphatic rings. The van der Waals surface area contributed by atoms with E-state index in [1.807, 2.05) is 24.3 Å². The normalized spacial score (nSPS) is 11.9. The Morgan fingerprint density at radius 1 is 0.892 bits per heavy atom. The first-order valence-electron chi connectivity index (χ1n) is 11.7. The highest BCUT2D eigenvalue weighted by Gasteiger charge is 2.25. The summed E-state index contributed by atoms with van der Waals surface area (Å²) in [5.74, 6) is 2.64. The molecule has 188 valence electrons. The van der Waals surface area contributed by atoms with E-state index in [1.165, 1.54) is 4.52 Å². The number of nitrogens with zero attached hydrogens (tertiary/aromatic N) is 4. The van der Waals surface area contributed by atoms with Crippen molar-refractivity contribution < 1.29 is 23.0 Å². The number of aromatic nitrogens is 4. The van der Waals surface area contributed by atoms with E-state index in [0.717, 1.165) is 11.1 Å². The molecule has 4 aromatic heterocycles. The van der Waals surface area contributed by atoms with Crippen LogP contribution in [0.5, 0.6) is 17.2 Å². The van der Waals surface area contributed by atoms with Crippen LogP contribution in [0.3, 0.4) is 0 Å². The van der Waals surface area contributed by atoms with Crippen LogP contribution in [0.25, 0.3) is 49.8 Å². The quantitative estimate of drug-likeness (QED) is 0.313. The van der Waals surface area contributed by atoms with E-state index in [-0.39, 0.29) is 17.3 Å². The van der Waals surface area contributed by atoms with Gasteiger partial charge in [0.05, 0.1) is 32.1 Å². The number of ether oxygens (including phenoxy) is 3. The number of rotatable bonds is 5. The predicted molar refractivity (Wildman–Crippen MR) is 138 cm³/mol. The minimum Gasteiger partial charge on any atom is -0.495 e. The van der Waals surface area contributed by atoms with Gasteiger partial charge in [0.25, 0.3) is 5.56 Å². The molecule has 0 aliphatic carbocycles. The van der Waals surface area contributed by atoms with Gasteiger partial charge in [0.1, 0.15) is 34.1 Å². The summed E-state index contributed by atoms with van der Waals surface area (Å²) in [6, 6.07) is 9.28. The van der Waals surface area contributed by atoms with Crippen molar-refractivity contribution >= 4 is 38.6 Å². The van der Waals surface area contributed by atoms with Crippen molar-refractivity contribution in [3.8, 4) is 28.5 Å². The van der Waals surface area contributed by atoms with Gasteiger partial charge in [-0.1, -0.05) is 13.8 Å². The van der Waals surface area contributed by atoms with Crippen molar-refractivity contribution in [1.82, 2.24) is 19.8 Å². The first-order chi connectivity index (χ1) is 17.9. The molecule has 0 bridgehead atoms. The second kappa shape index (κ2) is 8.22. The first-order valence-corrected chi connectivity index (χ1v) is 11.7. The third kappa shape index (κ3) is 3.25. The highest BCUT2D eigenvalue weighted by Crippen LogP contribution is 2.45. The third-order valence-corrected chi connectivity index (χ3v) is 6.53. The summed E-state index contributed by atoms with van der Waals surface area (Å²) >= 11 is 0. The average Bonchev–Trinajstić information content (AvgIpc) is 3.51. The summed E-state index contributed by atoms with van der Waals surface area (Å²) in [6.07, 6.45) is 0. The van der Waals surface area contributed by atoms with Gasteiger partial charge in [-0.25, -0.2) is 0 Å². The van der Waals surface area contributed by atoms with Crippen LogP contribution in [0.1, 0.15) is 31.2 Å². The predicted octanol–water partition coefficient (Wildman–Crippen LogP) is 5.25. The molecule has 2 aromatic carbocycles. The lowest BCUT2D eigenvalue weighted by atomic mass is 10.0. The Labute approximate surface area is 210 Å². The second-order valence-corrected chi connectivity index (χ2v) is 9.05. The Kier molecular flexibility index (Phi) is 5.08. The maximum Gasteiger partial charge on any atom is 0.296 e. The highest BCUT2D eigenvalue weighted by atomic mass is 16.5. The van der Waals surface area contributed by atoms with E-state index in [2.05, 4.69) is 24.0 Å². The van der Waals surface area contributed by atoms with Crippen molar-refractivity contribution in [3.63, 3.8) is 0 Å². The molecule has 0 radical (unpaired) electrons. The van der Waals surface area contributed by atoms with Gasteiger partial charge in [-0.2, -0.15) is 9.61 Å². The molecule has 0 aliphatic heterocycles. The lowest BCUT2D eigenvalue weighted by molar-refractivity contribution is 0.355. The molecular formula is C27H24N4O6. The molecule has 6 rings (SSSR count). The fourth-order valence-corrected chi connectivity index (χ4v) is 4.64. The third-order valence-electron chi connectivity index (χ3n) is 6.53. The molecule has 10 heteroatoms. The summed E-state index contributed by atoms with van der Waals surface area (Å²) in [7, 11) is 4.72. The molecule has 0 spiro atoms. The Morgan fingerprint density at radius 2 is 1.65 bits per heavy atom. The lowest BCUT2D eigenvalue weighted by Gasteiger charge is -2.11. The summed E-state index contributed by atoms with van der Waals surface area (Å²) < 4.78 is 30.4. The Hall–Kier alpha value is -4.60. The molecule has 0 atom stereocenters. The van der Waals surface area contributed by atoms with Crippen LogP contribution in [0.2, 0.25) is 0 Å². The van der Waals surface area contributed by atoms with E-state index in [0.29, 0.717) is 56.0 Å². The molecule has 0 amide bonds. The second-order valence-electron chi connectivity index (χ2n) is 9.05. The number of hydrogen-bond acceptors (Lipinski definition) is 9. The van der Waals surface area contributed by atoms with Crippen LogP contribution in [0.4, 0.5) is 0 Å². The maximum absolute atomic E-state index is 13.1. The molecule has 0 saturated heterocycles. The van der Waals surface area contributed by atoms with Crippen molar-refractivity contribution in [2.45, 2.75) is 26.7 Å². The molecule has 0 saturated carbocycles. The van der Waals surface area contributed by atoms with Crippen LogP contribution in [0.15, 0.2) is 44.0 Å². The number of fused-ring (bicyclic) bond motifs is 6. The SMILES string of the molecule is COc1cc2oc3c(c(-c4ccc5oc(C(C)C)cc5c4OC)nn4c(=O)c(C)nnc34)c2cc1OC. The molecule has 0 N–H and O–H groups in total. The fourth-order valence-electron chi connectivity index (χ4n) is 4.64. The number of aryl methyl sites for hydroxylation is 1. The molecule has 10 nitrogen and oxygen atoms in total. The number of furan rings is 2. The molecule has 0 unspecified atom stereocenters. The highest BCUT2D eigenvalue weighted by molar-refractivity contribution is 6.16. The van der Waals surface area contributed by atoms with Crippen LogP contribution >= 0.6 is 0 Å². The molecule has 37 heavy (non-hydrogen) atoms. The summed E-state index contributed by atoms with van der Waals surface area (Å²) in [5.41, 5.74) is 2.74. The Morgan fingerprint density at radius 3 is 2.35 bits per heavy atom. The van der Waals surface area contributed by atoms with Gasteiger partial charge in [-0.3, -0.25) is 4.79 Å². The van der Waals surface area contributed by atoms with Crippen LogP contribution in [0, 0.1) is 6.92 Å². The largest absolute Gasteiger partial charge is 0.495 e. The summed E-state index contributed by atoms with van der Waals surface area (Å²) in [4.78, 5) is 13.1. The van der Waals surface area contributed by atoms with Crippen molar-refractivity contribution in [2.75, 3.05) is 21.3 Å². The molecule has 0 fully saturated rings. The zero-order valence-corrected chi connectivity index (χ0v) is 21.2. The van der Waals surface area contributed by atoms with Crippen LogP contribution < -0.4 is 19.8 Å². The smallest absolute Gasteiger partial charge is 0.296 e. The number of methoxy groups -OCH3 is 3. The first kappa shape index (κ1) is 22.8. The molecular weight excluding hydrogens is 476 g/mol. The zero-order chi connectivity index (χ0) is 26.0. The van der Waals surface area contributed by atoms with Crippen LogP contribution in [-0.2, 0) is 0 Å². The van der Waals surface area contributed by atoms with Gasteiger partial charge in [-0.05, 0) is 31.2 Å². The number of hydrogen-bond donors (Lipinski definition) is 0. The van der Waals surface area contributed by atoms with Crippen molar-refractivity contribution in [1.29, 1.82) is 0 Å². The van der Waals surface area contributed by atoms with E-state index >= 15 is 0 Å². The fraction of sp³-hybridized carbons (Fsp3) is 0.259. The molecule has 4 heterocycles. The Balaban J connectivity index is 1.81. The van der Waals surface area contributed by atoms with Crippen LogP contribution in [-0.4, -0.2) is 41.1 Å². The van der Waals surface area contributed by atoms with Gasteiger partial charge in [-0.15, -0.1) is 10.2 Å². The van der Waals surface area contributed by atoms with Crippen molar-refractivity contribution in [3.05, 3.63) is 52.1 Å². The minimum absolute atomic E-state index is 0.200. The summed E-state index contributed by atoms with van der Waals surface area (Å²) in [5, 5.41) is 15.2. The zero-order valence-electron chi connectivity index (χ0n) is 21.2. The molecule has 6 aromatic rings. The van der Waals surface area contributed by atoms with Gasteiger partial charge < -0.3 is 23.0 Å². The lowest BCUT2D eigenvalue weighted by Crippen LogP contribution is -2.22. The topological polar surface area (TPSA) is 114 Å².